The van der Waals surface area contributed by atoms with Crippen molar-refractivity contribution in [3.63, 3.8) is 0 Å². The van der Waals surface area contributed by atoms with Crippen molar-refractivity contribution in [1.29, 1.82) is 0 Å². The first-order chi connectivity index (χ1) is 6.67. The molecule has 0 spiro atoms. The van der Waals surface area contributed by atoms with E-state index in [0.29, 0.717) is 6.61 Å². The van der Waals surface area contributed by atoms with E-state index in [1.165, 1.54) is 0 Å². The first kappa shape index (κ1) is 12.0. The third-order valence-corrected chi connectivity index (χ3v) is 5.43. The van der Waals surface area contributed by atoms with Crippen LogP contribution in [0, 0.1) is 0 Å². The summed E-state index contributed by atoms with van der Waals surface area (Å²) in [5.74, 6) is 0. The van der Waals surface area contributed by atoms with Gasteiger partial charge in [-0.1, -0.05) is 43.7 Å². The lowest BCUT2D eigenvalue weighted by atomic mass is 10.4. The highest BCUT2D eigenvalue weighted by Crippen LogP contribution is 2.16. The van der Waals surface area contributed by atoms with Crippen LogP contribution in [0.25, 0.3) is 0 Å². The molecule has 0 N–H and O–H groups in total. The number of rotatable bonds is 5. The maximum absolute atomic E-state index is 6.18. The lowest BCUT2D eigenvalue weighted by molar-refractivity contribution is 0.322. The highest BCUT2D eigenvalue weighted by Gasteiger charge is 2.32. The van der Waals surface area contributed by atoms with Crippen LogP contribution in [0.3, 0.4) is 0 Å². The first-order valence-corrected chi connectivity index (χ1v) is 8.67. The van der Waals surface area contributed by atoms with Crippen molar-refractivity contribution in [2.45, 2.75) is 19.8 Å². The zero-order valence-electron chi connectivity index (χ0n) is 8.17. The van der Waals surface area contributed by atoms with Crippen LogP contribution in [0.5, 0.6) is 0 Å². The van der Waals surface area contributed by atoms with Crippen molar-refractivity contribution >= 4 is 34.3 Å². The van der Waals surface area contributed by atoms with Gasteiger partial charge in [-0.25, -0.2) is 0 Å². The van der Waals surface area contributed by atoms with Crippen molar-refractivity contribution in [1.82, 2.24) is 0 Å². The quantitative estimate of drug-likeness (QED) is 0.442. The van der Waals surface area contributed by atoms with Gasteiger partial charge in [-0.05, 0) is 11.6 Å². The SMILES string of the molecule is CCCCO[Si](Cl)(Cl)c1ccccc1. The summed E-state index contributed by atoms with van der Waals surface area (Å²) in [6.07, 6.45) is 2.09. The average molecular weight is 249 g/mol. The van der Waals surface area contributed by atoms with E-state index in [4.69, 9.17) is 26.6 Å². The molecule has 0 saturated heterocycles. The predicted molar refractivity (Wildman–Crippen MR) is 64.4 cm³/mol. The monoisotopic (exact) mass is 248 g/mol. The third-order valence-electron chi connectivity index (χ3n) is 1.89. The minimum Gasteiger partial charge on any atom is -0.389 e. The molecule has 0 aliphatic carbocycles. The molecule has 14 heavy (non-hydrogen) atoms. The fraction of sp³-hybridized carbons (Fsp3) is 0.400. The van der Waals surface area contributed by atoms with Crippen molar-refractivity contribution in [3.05, 3.63) is 30.3 Å². The number of hydrogen-bond donors (Lipinski definition) is 0. The number of halogens is 2. The minimum absolute atomic E-state index is 0.643. The molecule has 0 atom stereocenters. The molecule has 4 heteroatoms. The largest absolute Gasteiger partial charge is 0.423 e. The Labute approximate surface area is 95.5 Å². The summed E-state index contributed by atoms with van der Waals surface area (Å²) in [7, 11) is 0. The Hall–Kier alpha value is -0.0231. The van der Waals surface area contributed by atoms with Gasteiger partial charge in [-0.15, -0.1) is 22.2 Å². The Balaban J connectivity index is 2.56. The lowest BCUT2D eigenvalue weighted by Gasteiger charge is -2.17. The molecule has 0 bridgehead atoms. The molecule has 78 valence electrons. The van der Waals surface area contributed by atoms with E-state index in [0.717, 1.165) is 18.0 Å². The van der Waals surface area contributed by atoms with Crippen LogP contribution in [0.1, 0.15) is 19.8 Å². The predicted octanol–water partition coefficient (Wildman–Crippen LogP) is 3.13. The second-order valence-corrected chi connectivity index (χ2v) is 8.76. The van der Waals surface area contributed by atoms with Crippen molar-refractivity contribution in [3.8, 4) is 0 Å². The number of benzene rings is 1. The van der Waals surface area contributed by atoms with E-state index in [9.17, 15) is 0 Å². The Morgan fingerprint density at radius 1 is 1.21 bits per heavy atom. The van der Waals surface area contributed by atoms with E-state index in [1.807, 2.05) is 30.3 Å². The molecule has 0 radical (unpaired) electrons. The van der Waals surface area contributed by atoms with Crippen LogP contribution >= 0.6 is 22.2 Å². The van der Waals surface area contributed by atoms with Crippen LogP contribution in [-0.2, 0) is 4.43 Å². The highest BCUT2D eigenvalue weighted by atomic mass is 35.7. The van der Waals surface area contributed by atoms with Gasteiger partial charge in [0.1, 0.15) is 0 Å². The molecule has 0 saturated carbocycles. The zero-order chi connectivity index (χ0) is 10.4. The van der Waals surface area contributed by atoms with E-state index in [2.05, 4.69) is 6.92 Å². The molecule has 0 unspecified atom stereocenters. The fourth-order valence-corrected chi connectivity index (χ4v) is 3.43. The van der Waals surface area contributed by atoms with Gasteiger partial charge >= 0.3 is 6.94 Å². The number of unbranched alkanes of at least 4 members (excludes halogenated alkanes) is 1. The third kappa shape index (κ3) is 3.62. The van der Waals surface area contributed by atoms with Gasteiger partial charge in [0.2, 0.25) is 0 Å². The normalized spacial score (nSPS) is 11.6. The van der Waals surface area contributed by atoms with Gasteiger partial charge in [0.25, 0.3) is 0 Å². The summed E-state index contributed by atoms with van der Waals surface area (Å²) in [6.45, 7) is 0.0800. The molecule has 0 aromatic heterocycles. The van der Waals surface area contributed by atoms with E-state index in [1.54, 1.807) is 0 Å². The topological polar surface area (TPSA) is 9.23 Å². The maximum Gasteiger partial charge on any atom is 0.423 e. The lowest BCUT2D eigenvalue weighted by Crippen LogP contribution is -2.40. The van der Waals surface area contributed by atoms with Crippen LogP contribution in [-0.4, -0.2) is 13.5 Å². The van der Waals surface area contributed by atoms with Gasteiger partial charge in [0.05, 0.1) is 0 Å². The molecular formula is C10H14Cl2OSi. The molecule has 0 aliphatic rings. The Morgan fingerprint density at radius 3 is 2.43 bits per heavy atom. The molecule has 0 fully saturated rings. The van der Waals surface area contributed by atoms with Gasteiger partial charge in [-0.3, -0.25) is 0 Å². The smallest absolute Gasteiger partial charge is 0.389 e. The molecule has 0 heterocycles. The van der Waals surface area contributed by atoms with Crippen LogP contribution in [0.2, 0.25) is 0 Å². The zero-order valence-corrected chi connectivity index (χ0v) is 10.7. The second kappa shape index (κ2) is 5.76. The van der Waals surface area contributed by atoms with Gasteiger partial charge in [0.15, 0.2) is 0 Å². The van der Waals surface area contributed by atoms with Crippen molar-refractivity contribution in [2.75, 3.05) is 6.61 Å². The molecule has 1 nitrogen and oxygen atoms in total. The Morgan fingerprint density at radius 2 is 1.86 bits per heavy atom. The van der Waals surface area contributed by atoms with Gasteiger partial charge < -0.3 is 4.43 Å². The van der Waals surface area contributed by atoms with E-state index < -0.39 is 6.94 Å². The second-order valence-electron chi connectivity index (χ2n) is 3.08. The molecular weight excluding hydrogens is 235 g/mol. The van der Waals surface area contributed by atoms with Gasteiger partial charge in [0, 0.05) is 6.61 Å². The summed E-state index contributed by atoms with van der Waals surface area (Å²) < 4.78 is 5.53. The Bertz CT molecular complexity index is 264. The molecule has 0 aliphatic heterocycles. The highest BCUT2D eigenvalue weighted by molar-refractivity contribution is 7.48. The van der Waals surface area contributed by atoms with Crippen molar-refractivity contribution in [2.24, 2.45) is 0 Å². The standard InChI is InChI=1S/C10H14Cl2OSi/c1-2-3-9-13-14(11,12)10-7-5-4-6-8-10/h4-8H,2-3,9H2,1H3. The summed E-state index contributed by atoms with van der Waals surface area (Å²) >= 11 is 12.4. The summed E-state index contributed by atoms with van der Waals surface area (Å²) in [5, 5.41) is 0.916. The molecule has 0 amide bonds. The molecule has 1 rings (SSSR count). The summed E-state index contributed by atoms with van der Waals surface area (Å²) in [5.41, 5.74) is 0. The van der Waals surface area contributed by atoms with E-state index in [-0.39, 0.29) is 0 Å². The first-order valence-electron chi connectivity index (χ1n) is 4.74. The van der Waals surface area contributed by atoms with Crippen LogP contribution < -0.4 is 5.19 Å². The molecule has 1 aromatic rings. The van der Waals surface area contributed by atoms with E-state index >= 15 is 0 Å². The summed E-state index contributed by atoms with van der Waals surface area (Å²) in [6, 6.07) is 9.61. The maximum atomic E-state index is 6.18. The van der Waals surface area contributed by atoms with Gasteiger partial charge in [-0.2, -0.15) is 0 Å². The average Bonchev–Trinajstić information content (AvgIpc) is 2.19. The number of hydrogen-bond acceptors (Lipinski definition) is 1. The Kier molecular flexibility index (Phi) is 4.96. The summed E-state index contributed by atoms with van der Waals surface area (Å²) in [4.78, 5) is 0. The van der Waals surface area contributed by atoms with Crippen LogP contribution in [0.15, 0.2) is 30.3 Å². The van der Waals surface area contributed by atoms with Crippen LogP contribution in [0.4, 0.5) is 0 Å². The molecule has 1 aromatic carbocycles. The van der Waals surface area contributed by atoms with Crippen molar-refractivity contribution < 1.29 is 4.43 Å². The minimum atomic E-state index is -2.67. The fourth-order valence-electron chi connectivity index (χ4n) is 1.06.